The molecule has 1 atom stereocenters. The first-order valence-corrected chi connectivity index (χ1v) is 9.57. The molecule has 1 heterocycles. The van der Waals surface area contributed by atoms with Crippen molar-refractivity contribution in [1.29, 1.82) is 0 Å². The van der Waals surface area contributed by atoms with Crippen LogP contribution in [0.15, 0.2) is 82.9 Å². The Morgan fingerprint density at radius 2 is 1.70 bits per heavy atom. The van der Waals surface area contributed by atoms with Crippen molar-refractivity contribution in [3.05, 3.63) is 107 Å². The van der Waals surface area contributed by atoms with Gasteiger partial charge in [-0.2, -0.15) is 0 Å². The molecule has 0 aromatic heterocycles. The number of halogens is 2. The Morgan fingerprint density at radius 3 is 2.40 bits per heavy atom. The minimum absolute atomic E-state index is 0.00580. The zero-order chi connectivity index (χ0) is 20.9. The molecule has 0 radical (unpaired) electrons. The van der Waals surface area contributed by atoms with Crippen molar-refractivity contribution in [3.8, 4) is 0 Å². The molecule has 3 aromatic carbocycles. The van der Waals surface area contributed by atoms with Crippen molar-refractivity contribution in [2.45, 2.75) is 19.6 Å². The number of nitrogens with zero attached hydrogens (tertiary/aromatic N) is 2. The lowest BCUT2D eigenvalue weighted by Gasteiger charge is -2.07. The Hall–Kier alpha value is -3.54. The first-order valence-electron chi connectivity index (χ1n) is 9.57. The molecule has 1 aliphatic rings. The van der Waals surface area contributed by atoms with Gasteiger partial charge in [0.15, 0.2) is 0 Å². The maximum Gasteiger partial charge on any atom is 0.222 e. The molecule has 0 saturated heterocycles. The minimum atomic E-state index is -0.687. The Balaban J connectivity index is 1.40. The average molecular weight is 406 g/mol. The highest BCUT2D eigenvalue weighted by Gasteiger charge is 2.26. The lowest BCUT2D eigenvalue weighted by atomic mass is 10.1. The molecule has 1 unspecified atom stereocenters. The van der Waals surface area contributed by atoms with E-state index >= 15 is 0 Å². The summed E-state index contributed by atoms with van der Waals surface area (Å²) in [6.45, 7) is 2.46. The smallest absolute Gasteiger partial charge is 0.222 e. The van der Waals surface area contributed by atoms with Crippen LogP contribution >= 0.6 is 0 Å². The van der Waals surface area contributed by atoms with Crippen LogP contribution in [0.25, 0.3) is 0 Å². The van der Waals surface area contributed by atoms with Crippen molar-refractivity contribution < 1.29 is 18.4 Å². The molecular weight excluding hydrogens is 386 g/mol. The van der Waals surface area contributed by atoms with Crippen LogP contribution in [-0.4, -0.2) is 18.2 Å². The monoisotopic (exact) mass is 406 g/mol. The lowest BCUT2D eigenvalue weighted by Crippen LogP contribution is -2.07. The topological polar surface area (TPSA) is 43.2 Å². The van der Waals surface area contributed by atoms with E-state index in [1.807, 2.05) is 61.5 Å². The normalized spacial score (nSPS) is 16.2. The quantitative estimate of drug-likeness (QED) is 0.405. The van der Waals surface area contributed by atoms with Gasteiger partial charge in [0, 0.05) is 0 Å². The van der Waals surface area contributed by atoms with Gasteiger partial charge in [-0.05, 0) is 35.7 Å². The fourth-order valence-corrected chi connectivity index (χ4v) is 3.16. The van der Waals surface area contributed by atoms with Gasteiger partial charge in [-0.3, -0.25) is 0 Å². The standard InChI is InChI=1S/C24H20F2N2O2/c1-16(18-6-3-2-4-7-18)28-30-14-17-10-12-19(13-11-17)22-15-29-24(27-22)23-20(25)8-5-9-21(23)26/h2-13,22H,14-15H2,1H3. The number of ether oxygens (including phenoxy) is 1. The maximum absolute atomic E-state index is 13.9. The van der Waals surface area contributed by atoms with Crippen LogP contribution in [0.2, 0.25) is 0 Å². The Kier molecular flexibility index (Phi) is 5.84. The zero-order valence-electron chi connectivity index (χ0n) is 16.4. The molecule has 6 heteroatoms. The summed E-state index contributed by atoms with van der Waals surface area (Å²) in [6.07, 6.45) is 0. The Bertz CT molecular complexity index is 1060. The third-order valence-corrected chi connectivity index (χ3v) is 4.82. The summed E-state index contributed by atoms with van der Waals surface area (Å²) in [4.78, 5) is 9.82. The third-order valence-electron chi connectivity index (χ3n) is 4.82. The molecule has 0 N–H and O–H groups in total. The molecule has 0 bridgehead atoms. The van der Waals surface area contributed by atoms with Gasteiger partial charge in [0.05, 0.1) is 5.71 Å². The largest absolute Gasteiger partial charge is 0.475 e. The molecule has 0 spiro atoms. The molecule has 0 fully saturated rings. The van der Waals surface area contributed by atoms with Crippen LogP contribution in [0, 0.1) is 11.6 Å². The highest BCUT2D eigenvalue weighted by atomic mass is 19.1. The van der Waals surface area contributed by atoms with Crippen molar-refractivity contribution >= 4 is 11.6 Å². The molecule has 0 amide bonds. The van der Waals surface area contributed by atoms with Gasteiger partial charge in [0.2, 0.25) is 5.90 Å². The summed E-state index contributed by atoms with van der Waals surface area (Å²) < 4.78 is 33.3. The maximum atomic E-state index is 13.9. The summed E-state index contributed by atoms with van der Waals surface area (Å²) in [6, 6.07) is 20.8. The molecule has 0 saturated carbocycles. The number of hydrogen-bond donors (Lipinski definition) is 0. The SMILES string of the molecule is CC(=NOCc1ccc(C2COC(c3c(F)cccc3F)=N2)cc1)c1ccccc1. The first-order chi connectivity index (χ1) is 14.6. The van der Waals surface area contributed by atoms with Gasteiger partial charge in [0.1, 0.15) is 36.5 Å². The predicted octanol–water partition coefficient (Wildman–Crippen LogP) is 5.42. The van der Waals surface area contributed by atoms with Crippen LogP contribution in [0.1, 0.15) is 35.2 Å². The molecule has 152 valence electrons. The van der Waals surface area contributed by atoms with Crippen LogP contribution in [0.5, 0.6) is 0 Å². The summed E-state index contributed by atoms with van der Waals surface area (Å²) in [5, 5.41) is 4.15. The second kappa shape index (κ2) is 8.86. The van der Waals surface area contributed by atoms with E-state index < -0.39 is 11.6 Å². The number of hydrogen-bond acceptors (Lipinski definition) is 4. The first kappa shape index (κ1) is 19.8. The third kappa shape index (κ3) is 4.38. The van der Waals surface area contributed by atoms with Crippen molar-refractivity contribution in [3.63, 3.8) is 0 Å². The fraction of sp³-hybridized carbons (Fsp3) is 0.167. The molecular formula is C24H20F2N2O2. The van der Waals surface area contributed by atoms with Gasteiger partial charge in [-0.25, -0.2) is 13.8 Å². The van der Waals surface area contributed by atoms with Crippen LogP contribution in [0.4, 0.5) is 8.78 Å². The van der Waals surface area contributed by atoms with Gasteiger partial charge in [-0.15, -0.1) is 0 Å². The summed E-state index contributed by atoms with van der Waals surface area (Å²) in [5.41, 5.74) is 3.43. The van der Waals surface area contributed by atoms with E-state index in [0.717, 1.165) is 22.4 Å². The fourth-order valence-electron chi connectivity index (χ4n) is 3.16. The number of oxime groups is 1. The van der Waals surface area contributed by atoms with E-state index in [2.05, 4.69) is 10.1 Å². The lowest BCUT2D eigenvalue weighted by molar-refractivity contribution is 0.130. The highest BCUT2D eigenvalue weighted by Crippen LogP contribution is 2.27. The van der Waals surface area contributed by atoms with E-state index in [-0.39, 0.29) is 24.1 Å². The van der Waals surface area contributed by atoms with Gasteiger partial charge in [0.25, 0.3) is 0 Å². The van der Waals surface area contributed by atoms with E-state index in [0.29, 0.717) is 6.61 Å². The van der Waals surface area contributed by atoms with Crippen LogP contribution in [-0.2, 0) is 16.2 Å². The van der Waals surface area contributed by atoms with Crippen molar-refractivity contribution in [1.82, 2.24) is 0 Å². The van der Waals surface area contributed by atoms with E-state index in [1.54, 1.807) is 0 Å². The molecule has 4 rings (SSSR count). The summed E-state index contributed by atoms with van der Waals surface area (Å²) in [7, 11) is 0. The van der Waals surface area contributed by atoms with Crippen LogP contribution < -0.4 is 0 Å². The van der Waals surface area contributed by atoms with Crippen LogP contribution in [0.3, 0.4) is 0 Å². The second-order valence-electron chi connectivity index (χ2n) is 6.92. The Labute approximate surface area is 173 Å². The molecule has 0 aliphatic carbocycles. The zero-order valence-corrected chi connectivity index (χ0v) is 16.4. The predicted molar refractivity (Wildman–Crippen MR) is 111 cm³/mol. The van der Waals surface area contributed by atoms with Gasteiger partial charge in [-0.1, -0.05) is 65.8 Å². The number of rotatable bonds is 6. The highest BCUT2D eigenvalue weighted by molar-refractivity contribution is 5.98. The van der Waals surface area contributed by atoms with E-state index in [1.165, 1.54) is 18.2 Å². The van der Waals surface area contributed by atoms with Gasteiger partial charge < -0.3 is 9.57 Å². The average Bonchev–Trinajstić information content (AvgIpc) is 3.24. The molecule has 4 nitrogen and oxygen atoms in total. The number of aliphatic imine (C=N–C) groups is 1. The molecule has 30 heavy (non-hydrogen) atoms. The second-order valence-corrected chi connectivity index (χ2v) is 6.92. The van der Waals surface area contributed by atoms with E-state index in [4.69, 9.17) is 9.57 Å². The Morgan fingerprint density at radius 1 is 1.00 bits per heavy atom. The van der Waals surface area contributed by atoms with Gasteiger partial charge >= 0.3 is 0 Å². The molecule has 3 aromatic rings. The van der Waals surface area contributed by atoms with E-state index in [9.17, 15) is 8.78 Å². The number of benzene rings is 3. The molecule has 1 aliphatic heterocycles. The minimum Gasteiger partial charge on any atom is -0.475 e. The van der Waals surface area contributed by atoms with Crippen molar-refractivity contribution in [2.24, 2.45) is 10.1 Å². The summed E-state index contributed by atoms with van der Waals surface area (Å²) >= 11 is 0. The summed E-state index contributed by atoms with van der Waals surface area (Å²) in [5.74, 6) is -1.38. The van der Waals surface area contributed by atoms with Crippen molar-refractivity contribution in [2.75, 3.05) is 6.61 Å².